The van der Waals surface area contributed by atoms with E-state index in [-0.39, 0.29) is 22.8 Å². The Balaban J connectivity index is 0.00000161. The summed E-state index contributed by atoms with van der Waals surface area (Å²) in [6, 6.07) is 0. The molecular formula is C13H23ClN4O2S. The van der Waals surface area contributed by atoms with E-state index in [1.54, 1.807) is 6.20 Å². The maximum atomic E-state index is 12.7. The summed E-state index contributed by atoms with van der Waals surface area (Å²) in [5.41, 5.74) is 5.65. The van der Waals surface area contributed by atoms with Gasteiger partial charge < -0.3 is 10.3 Å². The lowest BCUT2D eigenvalue weighted by Gasteiger charge is -2.21. The molecule has 0 radical (unpaired) electrons. The number of halogens is 1. The van der Waals surface area contributed by atoms with Crippen LogP contribution in [0.15, 0.2) is 11.2 Å². The van der Waals surface area contributed by atoms with Gasteiger partial charge in [-0.3, -0.25) is 0 Å². The SMILES string of the molecule is CC1(CN)CCN(S(=O)(=O)c2cn3c(n2)CCCC3)C1.Cl. The number of nitrogens with two attached hydrogens (primary N) is 1. The van der Waals surface area contributed by atoms with Crippen LogP contribution in [0.4, 0.5) is 0 Å². The Labute approximate surface area is 132 Å². The molecule has 2 aliphatic heterocycles. The van der Waals surface area contributed by atoms with E-state index in [1.165, 1.54) is 4.31 Å². The first kappa shape index (κ1) is 16.7. The van der Waals surface area contributed by atoms with Crippen molar-refractivity contribution in [3.63, 3.8) is 0 Å². The maximum Gasteiger partial charge on any atom is 0.262 e. The number of hydrogen-bond acceptors (Lipinski definition) is 4. The molecule has 0 amide bonds. The second kappa shape index (κ2) is 5.87. The van der Waals surface area contributed by atoms with Crippen LogP contribution in [0, 0.1) is 5.41 Å². The van der Waals surface area contributed by atoms with E-state index < -0.39 is 10.0 Å². The molecule has 120 valence electrons. The molecule has 0 spiro atoms. The number of sulfonamides is 1. The third kappa shape index (κ3) is 2.97. The van der Waals surface area contributed by atoms with E-state index in [0.717, 1.165) is 38.1 Å². The minimum atomic E-state index is -3.47. The molecule has 21 heavy (non-hydrogen) atoms. The smallest absolute Gasteiger partial charge is 0.262 e. The summed E-state index contributed by atoms with van der Waals surface area (Å²) in [7, 11) is -3.47. The molecular weight excluding hydrogens is 312 g/mol. The van der Waals surface area contributed by atoms with Crippen LogP contribution in [0.25, 0.3) is 0 Å². The highest BCUT2D eigenvalue weighted by Crippen LogP contribution is 2.32. The van der Waals surface area contributed by atoms with E-state index in [2.05, 4.69) is 4.98 Å². The van der Waals surface area contributed by atoms with Gasteiger partial charge in [0, 0.05) is 32.3 Å². The predicted octanol–water partition coefficient (Wildman–Crippen LogP) is 1.00. The van der Waals surface area contributed by atoms with Crippen molar-refractivity contribution in [2.24, 2.45) is 11.1 Å². The highest BCUT2D eigenvalue weighted by Gasteiger charge is 2.40. The molecule has 1 fully saturated rings. The lowest BCUT2D eigenvalue weighted by Crippen LogP contribution is -2.34. The van der Waals surface area contributed by atoms with E-state index in [9.17, 15) is 8.42 Å². The average molecular weight is 335 g/mol. The molecule has 0 saturated carbocycles. The summed E-state index contributed by atoms with van der Waals surface area (Å²) < 4.78 is 28.8. The molecule has 3 rings (SSSR count). The monoisotopic (exact) mass is 334 g/mol. The van der Waals surface area contributed by atoms with Gasteiger partial charge in [0.25, 0.3) is 10.0 Å². The number of aromatic nitrogens is 2. The summed E-state index contributed by atoms with van der Waals surface area (Å²) in [6.45, 7) is 4.46. The van der Waals surface area contributed by atoms with Gasteiger partial charge in [-0.1, -0.05) is 6.92 Å². The third-order valence-electron chi connectivity index (χ3n) is 4.51. The summed E-state index contributed by atoms with van der Waals surface area (Å²) in [6.07, 6.45) is 5.57. The fourth-order valence-electron chi connectivity index (χ4n) is 2.99. The number of rotatable bonds is 3. The lowest BCUT2D eigenvalue weighted by molar-refractivity contribution is 0.349. The molecule has 1 saturated heterocycles. The molecule has 0 aliphatic carbocycles. The van der Waals surface area contributed by atoms with E-state index in [4.69, 9.17) is 5.73 Å². The van der Waals surface area contributed by atoms with Gasteiger partial charge in [-0.15, -0.1) is 12.4 Å². The van der Waals surface area contributed by atoms with Crippen LogP contribution in [-0.2, 0) is 23.0 Å². The molecule has 0 bridgehead atoms. The summed E-state index contributed by atoms with van der Waals surface area (Å²) >= 11 is 0. The predicted molar refractivity (Wildman–Crippen MR) is 83.0 cm³/mol. The van der Waals surface area contributed by atoms with Crippen LogP contribution < -0.4 is 5.73 Å². The first-order chi connectivity index (χ1) is 9.44. The van der Waals surface area contributed by atoms with Gasteiger partial charge in [0.05, 0.1) is 0 Å². The van der Waals surface area contributed by atoms with Crippen molar-refractivity contribution in [2.75, 3.05) is 19.6 Å². The van der Waals surface area contributed by atoms with Crippen molar-refractivity contribution in [1.82, 2.24) is 13.9 Å². The normalized spacial score (nSPS) is 26.4. The van der Waals surface area contributed by atoms with Crippen molar-refractivity contribution in [1.29, 1.82) is 0 Å². The van der Waals surface area contributed by atoms with Crippen LogP contribution in [0.1, 0.15) is 32.0 Å². The lowest BCUT2D eigenvalue weighted by atomic mass is 9.90. The van der Waals surface area contributed by atoms with Gasteiger partial charge in [-0.2, -0.15) is 4.31 Å². The minimum Gasteiger partial charge on any atom is -0.333 e. The second-order valence-corrected chi connectivity index (χ2v) is 8.13. The fraction of sp³-hybridized carbons (Fsp3) is 0.769. The van der Waals surface area contributed by atoms with Crippen LogP contribution in [0.5, 0.6) is 0 Å². The van der Waals surface area contributed by atoms with Gasteiger partial charge in [0.2, 0.25) is 0 Å². The number of imidazole rings is 1. The van der Waals surface area contributed by atoms with Gasteiger partial charge >= 0.3 is 0 Å². The van der Waals surface area contributed by atoms with Gasteiger partial charge in [0.15, 0.2) is 5.03 Å². The first-order valence-electron chi connectivity index (χ1n) is 7.21. The van der Waals surface area contributed by atoms with E-state index in [1.807, 2.05) is 11.5 Å². The number of nitrogens with zero attached hydrogens (tertiary/aromatic N) is 3. The standard InChI is InChI=1S/C13H22N4O2S.ClH/c1-13(9-14)5-7-17(10-13)20(18,19)12-8-16-6-3-2-4-11(16)15-12;/h8H,2-7,9-10,14H2,1H3;1H. The highest BCUT2D eigenvalue weighted by atomic mass is 35.5. The number of hydrogen-bond donors (Lipinski definition) is 1. The Morgan fingerprint density at radius 3 is 2.76 bits per heavy atom. The molecule has 1 aromatic rings. The van der Waals surface area contributed by atoms with Crippen LogP contribution in [-0.4, -0.2) is 41.9 Å². The number of fused-ring (bicyclic) bond motifs is 1. The zero-order valence-corrected chi connectivity index (χ0v) is 13.9. The molecule has 1 unspecified atom stereocenters. The van der Waals surface area contributed by atoms with Crippen LogP contribution in [0.2, 0.25) is 0 Å². The van der Waals surface area contributed by atoms with Crippen molar-refractivity contribution >= 4 is 22.4 Å². The first-order valence-corrected chi connectivity index (χ1v) is 8.65. The van der Waals surface area contributed by atoms with Crippen LogP contribution >= 0.6 is 12.4 Å². The maximum absolute atomic E-state index is 12.7. The van der Waals surface area contributed by atoms with Crippen molar-refractivity contribution in [3.05, 3.63) is 12.0 Å². The van der Waals surface area contributed by atoms with Crippen molar-refractivity contribution in [2.45, 2.75) is 44.2 Å². The Hall–Kier alpha value is -0.630. The molecule has 0 aromatic carbocycles. The fourth-order valence-corrected chi connectivity index (χ4v) is 4.55. The van der Waals surface area contributed by atoms with Gasteiger partial charge in [0.1, 0.15) is 5.82 Å². The zero-order chi connectivity index (χ0) is 14.4. The third-order valence-corrected chi connectivity index (χ3v) is 6.22. The topological polar surface area (TPSA) is 81.2 Å². The largest absolute Gasteiger partial charge is 0.333 e. The van der Waals surface area contributed by atoms with Gasteiger partial charge in [-0.05, 0) is 31.2 Å². The zero-order valence-electron chi connectivity index (χ0n) is 12.3. The van der Waals surface area contributed by atoms with Crippen LogP contribution in [0.3, 0.4) is 0 Å². The Morgan fingerprint density at radius 2 is 2.14 bits per heavy atom. The quantitative estimate of drug-likeness (QED) is 0.894. The second-order valence-electron chi connectivity index (χ2n) is 6.25. The molecule has 8 heteroatoms. The van der Waals surface area contributed by atoms with Gasteiger partial charge in [-0.25, -0.2) is 13.4 Å². The molecule has 6 nitrogen and oxygen atoms in total. The molecule has 2 aliphatic rings. The Morgan fingerprint density at radius 1 is 1.38 bits per heavy atom. The summed E-state index contributed by atoms with van der Waals surface area (Å²) in [4.78, 5) is 4.34. The summed E-state index contributed by atoms with van der Waals surface area (Å²) in [5.74, 6) is 0.899. The Bertz CT molecular complexity index is 592. The van der Waals surface area contributed by atoms with Crippen molar-refractivity contribution < 1.29 is 8.42 Å². The Kier molecular flexibility index (Phi) is 4.68. The summed E-state index contributed by atoms with van der Waals surface area (Å²) in [5, 5.41) is 0.204. The van der Waals surface area contributed by atoms with E-state index >= 15 is 0 Å². The highest BCUT2D eigenvalue weighted by molar-refractivity contribution is 7.89. The molecule has 1 aromatic heterocycles. The van der Waals surface area contributed by atoms with E-state index in [0.29, 0.717) is 19.6 Å². The molecule has 2 N–H and O–H groups in total. The minimum absolute atomic E-state index is 0. The average Bonchev–Trinajstić information content (AvgIpc) is 3.03. The molecule has 3 heterocycles. The number of aryl methyl sites for hydroxylation is 2. The van der Waals surface area contributed by atoms with Crippen molar-refractivity contribution in [3.8, 4) is 0 Å². The molecule has 1 atom stereocenters.